The van der Waals surface area contributed by atoms with Crippen LogP contribution in [-0.4, -0.2) is 22.9 Å². The third kappa shape index (κ3) is 3.95. The average Bonchev–Trinajstić information content (AvgIpc) is 2.69. The van der Waals surface area contributed by atoms with Gasteiger partial charge in [0.1, 0.15) is 10.6 Å². The molecule has 0 aliphatic heterocycles. The van der Waals surface area contributed by atoms with Crippen molar-refractivity contribution in [2.75, 3.05) is 0 Å². The molecule has 0 radical (unpaired) electrons. The zero-order valence-electron chi connectivity index (χ0n) is 15.4. The highest BCUT2D eigenvalue weighted by molar-refractivity contribution is 7.92. The van der Waals surface area contributed by atoms with Crippen LogP contribution < -0.4 is 4.74 Å². The Morgan fingerprint density at radius 2 is 1.14 bits per heavy atom. The summed E-state index contributed by atoms with van der Waals surface area (Å²) in [6.45, 7) is 3.54. The van der Waals surface area contributed by atoms with E-state index in [2.05, 4.69) is 0 Å². The lowest BCUT2D eigenvalue weighted by molar-refractivity contribution is 0.236. The minimum absolute atomic E-state index is 0.0675. The van der Waals surface area contributed by atoms with Crippen LogP contribution in [0.25, 0.3) is 0 Å². The third-order valence-corrected chi connectivity index (χ3v) is 7.54. The zero-order valence-corrected chi connectivity index (χ0v) is 17.1. The maximum absolute atomic E-state index is 13.2. The average molecular weight is 417 g/mol. The quantitative estimate of drug-likeness (QED) is 0.604. The lowest BCUT2D eigenvalue weighted by atomic mass is 10.3. The summed E-state index contributed by atoms with van der Waals surface area (Å²) in [7, 11) is -7.84. The molecule has 0 atom stereocenters. The highest BCUT2D eigenvalue weighted by Crippen LogP contribution is 2.34. The van der Waals surface area contributed by atoms with Crippen LogP contribution in [0.3, 0.4) is 0 Å². The number of sulfone groups is 2. The van der Waals surface area contributed by atoms with Crippen LogP contribution in [0.1, 0.15) is 13.8 Å². The van der Waals surface area contributed by atoms with Crippen molar-refractivity contribution in [2.45, 2.75) is 39.5 Å². The van der Waals surface area contributed by atoms with Crippen molar-refractivity contribution >= 4 is 19.7 Å². The molecule has 0 N–H and O–H groups in total. The van der Waals surface area contributed by atoms with Crippen molar-refractivity contribution in [2.24, 2.45) is 0 Å². The van der Waals surface area contributed by atoms with E-state index < -0.39 is 19.7 Å². The van der Waals surface area contributed by atoms with Crippen molar-refractivity contribution in [1.29, 1.82) is 0 Å². The van der Waals surface area contributed by atoms with Crippen LogP contribution in [0.5, 0.6) is 5.75 Å². The Labute approximate surface area is 165 Å². The first-order valence-corrected chi connectivity index (χ1v) is 11.6. The lowest BCUT2D eigenvalue weighted by Crippen LogP contribution is -2.12. The van der Waals surface area contributed by atoms with Gasteiger partial charge in [-0.2, -0.15) is 0 Å². The van der Waals surface area contributed by atoms with Gasteiger partial charge < -0.3 is 4.74 Å². The van der Waals surface area contributed by atoms with Crippen LogP contribution >= 0.6 is 0 Å². The van der Waals surface area contributed by atoms with E-state index in [1.165, 1.54) is 42.5 Å². The summed E-state index contributed by atoms with van der Waals surface area (Å²) in [5, 5.41) is 0. The normalized spacial score (nSPS) is 12.1. The molecule has 146 valence electrons. The molecule has 0 saturated heterocycles. The molecule has 0 spiro atoms. The highest BCUT2D eigenvalue weighted by Gasteiger charge is 2.27. The maximum Gasteiger partial charge on any atom is 0.210 e. The van der Waals surface area contributed by atoms with Gasteiger partial charge >= 0.3 is 0 Å². The van der Waals surface area contributed by atoms with Gasteiger partial charge in [-0.3, -0.25) is 0 Å². The van der Waals surface area contributed by atoms with Gasteiger partial charge in [0.15, 0.2) is 0 Å². The van der Waals surface area contributed by atoms with Crippen LogP contribution in [0.2, 0.25) is 0 Å². The summed E-state index contributed by atoms with van der Waals surface area (Å²) in [6, 6.07) is 19.7. The molecule has 0 aliphatic rings. The molecular weight excluding hydrogens is 396 g/mol. The van der Waals surface area contributed by atoms with E-state index in [0.717, 1.165) is 0 Å². The van der Waals surface area contributed by atoms with E-state index in [1.54, 1.807) is 50.2 Å². The van der Waals surface area contributed by atoms with Crippen LogP contribution in [0, 0.1) is 0 Å². The Morgan fingerprint density at radius 3 is 1.64 bits per heavy atom. The fourth-order valence-electron chi connectivity index (χ4n) is 2.68. The van der Waals surface area contributed by atoms with Gasteiger partial charge in [-0.15, -0.1) is 0 Å². The maximum atomic E-state index is 13.2. The monoisotopic (exact) mass is 416 g/mol. The van der Waals surface area contributed by atoms with E-state index >= 15 is 0 Å². The molecule has 0 aliphatic carbocycles. The number of benzene rings is 3. The van der Waals surface area contributed by atoms with Crippen LogP contribution in [0.4, 0.5) is 0 Å². The van der Waals surface area contributed by atoms with Crippen LogP contribution in [-0.2, 0) is 19.7 Å². The number of rotatable bonds is 6. The van der Waals surface area contributed by atoms with Crippen molar-refractivity contribution in [3.05, 3.63) is 78.9 Å². The predicted octanol–water partition coefficient (Wildman–Crippen LogP) is 4.14. The molecule has 0 bridgehead atoms. The summed E-state index contributed by atoms with van der Waals surface area (Å²) < 4.78 is 57.9. The SMILES string of the molecule is CC(C)Oc1ccc(S(=O)(=O)c2ccccc2)cc1S(=O)(=O)c1ccccc1. The molecule has 3 rings (SSSR count). The number of hydrogen-bond acceptors (Lipinski definition) is 5. The van der Waals surface area contributed by atoms with E-state index in [0.29, 0.717) is 0 Å². The minimum Gasteiger partial charge on any atom is -0.490 e. The molecular formula is C21H20O5S2. The summed E-state index contributed by atoms with van der Waals surface area (Å²) in [6.07, 6.45) is -0.277. The van der Waals surface area contributed by atoms with E-state index in [1.807, 2.05) is 0 Å². The topological polar surface area (TPSA) is 77.5 Å². The fourth-order valence-corrected chi connectivity index (χ4v) is 5.49. The van der Waals surface area contributed by atoms with Crippen LogP contribution in [0.15, 0.2) is 98.4 Å². The molecule has 0 saturated carbocycles. The molecule has 0 heterocycles. The molecule has 5 nitrogen and oxygen atoms in total. The van der Waals surface area contributed by atoms with Crippen molar-refractivity contribution in [1.82, 2.24) is 0 Å². The second-order valence-corrected chi connectivity index (χ2v) is 10.3. The molecule has 28 heavy (non-hydrogen) atoms. The minimum atomic E-state index is -3.97. The third-order valence-electron chi connectivity index (χ3n) is 3.98. The Balaban J connectivity index is 2.22. The summed E-state index contributed by atoms with van der Waals surface area (Å²) in [4.78, 5) is -0.123. The second-order valence-electron chi connectivity index (χ2n) is 6.41. The summed E-state index contributed by atoms with van der Waals surface area (Å²) in [5.41, 5.74) is 0. The molecule has 0 unspecified atom stereocenters. The Bertz CT molecular complexity index is 1170. The van der Waals surface area contributed by atoms with Gasteiger partial charge in [0.25, 0.3) is 0 Å². The molecule has 7 heteroatoms. The largest absolute Gasteiger partial charge is 0.490 e. The van der Waals surface area contributed by atoms with Gasteiger partial charge in [0, 0.05) is 0 Å². The van der Waals surface area contributed by atoms with Crippen molar-refractivity contribution in [3.8, 4) is 5.75 Å². The summed E-state index contributed by atoms with van der Waals surface area (Å²) >= 11 is 0. The fraction of sp³-hybridized carbons (Fsp3) is 0.143. The predicted molar refractivity (Wildman–Crippen MR) is 106 cm³/mol. The first-order valence-electron chi connectivity index (χ1n) is 8.64. The zero-order chi connectivity index (χ0) is 20.4. The van der Waals surface area contributed by atoms with Crippen molar-refractivity contribution < 1.29 is 21.6 Å². The van der Waals surface area contributed by atoms with Gasteiger partial charge in [0.05, 0.1) is 20.8 Å². The number of hydrogen-bond donors (Lipinski definition) is 0. The van der Waals surface area contributed by atoms with Crippen molar-refractivity contribution in [3.63, 3.8) is 0 Å². The molecule has 3 aromatic carbocycles. The first-order chi connectivity index (χ1) is 13.2. The van der Waals surface area contributed by atoms with E-state index in [9.17, 15) is 16.8 Å². The Morgan fingerprint density at radius 1 is 0.643 bits per heavy atom. The van der Waals surface area contributed by atoms with Gasteiger partial charge in [0.2, 0.25) is 19.7 Å². The molecule has 3 aromatic rings. The van der Waals surface area contributed by atoms with Gasteiger partial charge in [-0.25, -0.2) is 16.8 Å². The summed E-state index contributed by atoms with van der Waals surface area (Å²) in [5.74, 6) is 0.117. The number of ether oxygens (including phenoxy) is 1. The smallest absolute Gasteiger partial charge is 0.210 e. The van der Waals surface area contributed by atoms with E-state index in [4.69, 9.17) is 4.74 Å². The van der Waals surface area contributed by atoms with Gasteiger partial charge in [-0.05, 0) is 56.3 Å². The molecule has 0 amide bonds. The Kier molecular flexibility index (Phi) is 5.58. The Hall–Kier alpha value is -2.64. The highest BCUT2D eigenvalue weighted by atomic mass is 32.2. The molecule has 0 fully saturated rings. The van der Waals surface area contributed by atoms with E-state index in [-0.39, 0.29) is 31.4 Å². The lowest BCUT2D eigenvalue weighted by Gasteiger charge is -2.16. The standard InChI is InChI=1S/C21H20O5S2/c1-16(2)26-20-14-13-19(27(22,23)17-9-5-3-6-10-17)15-21(20)28(24,25)18-11-7-4-8-12-18/h3-16H,1-2H3. The van der Waals surface area contributed by atoms with Gasteiger partial charge in [-0.1, -0.05) is 36.4 Å². The second kappa shape index (κ2) is 7.77. The first kappa shape index (κ1) is 20.1. The molecule has 0 aromatic heterocycles.